The molecule has 0 saturated heterocycles. The third-order valence-corrected chi connectivity index (χ3v) is 3.75. The maximum atomic E-state index is 13.2. The maximum Gasteiger partial charge on any atom is 0.573 e. The first kappa shape index (κ1) is 19.7. The maximum absolute atomic E-state index is 13.2. The molecule has 0 fully saturated rings. The van der Waals surface area contributed by atoms with E-state index < -0.39 is 24.1 Å². The summed E-state index contributed by atoms with van der Waals surface area (Å²) in [5, 5.41) is 2.57. The van der Waals surface area contributed by atoms with Gasteiger partial charge in [0.25, 0.3) is 0 Å². The highest BCUT2D eigenvalue weighted by Crippen LogP contribution is 2.27. The number of hydrogen-bond donors (Lipinski definition) is 1. The fourth-order valence-electron chi connectivity index (χ4n) is 2.28. The number of carbonyl (C=O) groups excluding carboxylic acids is 1. The van der Waals surface area contributed by atoms with Gasteiger partial charge in [-0.3, -0.25) is 9.69 Å². The standard InChI is InChI=1S/C18H18F4N2O2/c1-12(17(25)23-15-8-5-7-14(19)10-15)24(2)11-13-6-3-4-9-16(13)26-18(20,21)22/h3-10,12H,11H2,1-2H3,(H,23,25). The van der Waals surface area contributed by atoms with Crippen LogP contribution in [0, 0.1) is 5.82 Å². The van der Waals surface area contributed by atoms with E-state index >= 15 is 0 Å². The molecule has 0 heterocycles. The Labute approximate surface area is 148 Å². The third kappa shape index (κ3) is 5.73. The summed E-state index contributed by atoms with van der Waals surface area (Å²) in [6.07, 6.45) is -4.80. The molecule has 1 unspecified atom stereocenters. The summed E-state index contributed by atoms with van der Waals surface area (Å²) in [5.74, 6) is -1.21. The molecule has 1 amide bonds. The highest BCUT2D eigenvalue weighted by atomic mass is 19.4. The zero-order chi connectivity index (χ0) is 19.3. The van der Waals surface area contributed by atoms with Crippen molar-refractivity contribution < 1.29 is 27.1 Å². The van der Waals surface area contributed by atoms with Gasteiger partial charge in [0, 0.05) is 17.8 Å². The van der Waals surface area contributed by atoms with Crippen LogP contribution < -0.4 is 10.1 Å². The van der Waals surface area contributed by atoms with Crippen LogP contribution in [-0.2, 0) is 11.3 Å². The summed E-state index contributed by atoms with van der Waals surface area (Å²) in [4.78, 5) is 13.8. The van der Waals surface area contributed by atoms with Crippen LogP contribution in [0.2, 0.25) is 0 Å². The second kappa shape index (κ2) is 8.18. The molecule has 0 spiro atoms. The number of rotatable bonds is 6. The summed E-state index contributed by atoms with van der Waals surface area (Å²) in [7, 11) is 1.60. The summed E-state index contributed by atoms with van der Waals surface area (Å²) < 4.78 is 54.7. The van der Waals surface area contributed by atoms with Crippen LogP contribution in [0.3, 0.4) is 0 Å². The molecule has 2 aromatic carbocycles. The number of alkyl halides is 3. The molecule has 4 nitrogen and oxygen atoms in total. The first-order valence-corrected chi connectivity index (χ1v) is 7.76. The largest absolute Gasteiger partial charge is 0.573 e. The molecule has 26 heavy (non-hydrogen) atoms. The van der Waals surface area contributed by atoms with Gasteiger partial charge in [-0.15, -0.1) is 13.2 Å². The third-order valence-electron chi connectivity index (χ3n) is 3.75. The predicted octanol–water partition coefficient (Wildman–Crippen LogP) is 4.18. The molecule has 0 radical (unpaired) electrons. The van der Waals surface area contributed by atoms with Crippen molar-refractivity contribution in [1.29, 1.82) is 0 Å². The Bertz CT molecular complexity index is 765. The summed E-state index contributed by atoms with van der Waals surface area (Å²) in [6.45, 7) is 1.66. The average molecular weight is 370 g/mol. The van der Waals surface area contributed by atoms with Crippen molar-refractivity contribution in [3.05, 3.63) is 59.9 Å². The Morgan fingerprint density at radius 1 is 1.19 bits per heavy atom. The number of para-hydroxylation sites is 1. The van der Waals surface area contributed by atoms with Gasteiger partial charge in [-0.1, -0.05) is 24.3 Å². The number of halogens is 4. The lowest BCUT2D eigenvalue weighted by Gasteiger charge is -2.25. The van der Waals surface area contributed by atoms with Crippen LogP contribution in [0.5, 0.6) is 5.75 Å². The van der Waals surface area contributed by atoms with E-state index in [2.05, 4.69) is 10.1 Å². The van der Waals surface area contributed by atoms with Crippen LogP contribution in [-0.4, -0.2) is 30.3 Å². The number of ether oxygens (including phenoxy) is 1. The highest BCUT2D eigenvalue weighted by Gasteiger charge is 2.32. The number of carbonyl (C=O) groups is 1. The molecule has 1 atom stereocenters. The number of amides is 1. The topological polar surface area (TPSA) is 41.6 Å². The second-order valence-corrected chi connectivity index (χ2v) is 5.75. The van der Waals surface area contributed by atoms with E-state index in [0.29, 0.717) is 5.69 Å². The fraction of sp³-hybridized carbons (Fsp3) is 0.278. The highest BCUT2D eigenvalue weighted by molar-refractivity contribution is 5.94. The second-order valence-electron chi connectivity index (χ2n) is 5.75. The van der Waals surface area contributed by atoms with Gasteiger partial charge in [0.15, 0.2) is 0 Å². The van der Waals surface area contributed by atoms with Gasteiger partial charge in [-0.05, 0) is 38.2 Å². The molecule has 0 aliphatic heterocycles. The van der Waals surface area contributed by atoms with E-state index in [1.165, 1.54) is 36.4 Å². The number of anilines is 1. The van der Waals surface area contributed by atoms with Gasteiger partial charge in [0.1, 0.15) is 11.6 Å². The molecule has 0 aliphatic rings. The van der Waals surface area contributed by atoms with Crippen molar-refractivity contribution in [3.63, 3.8) is 0 Å². The minimum Gasteiger partial charge on any atom is -0.405 e. The van der Waals surface area contributed by atoms with Gasteiger partial charge >= 0.3 is 6.36 Å². The van der Waals surface area contributed by atoms with Gasteiger partial charge in [0.2, 0.25) is 5.91 Å². The molecular weight excluding hydrogens is 352 g/mol. The zero-order valence-corrected chi connectivity index (χ0v) is 14.2. The Morgan fingerprint density at radius 2 is 1.88 bits per heavy atom. The first-order valence-electron chi connectivity index (χ1n) is 7.76. The van der Waals surface area contributed by atoms with Crippen molar-refractivity contribution >= 4 is 11.6 Å². The molecule has 8 heteroatoms. The van der Waals surface area contributed by atoms with Crippen molar-refractivity contribution in [2.45, 2.75) is 25.9 Å². The normalized spacial score (nSPS) is 12.7. The minimum atomic E-state index is -4.80. The molecule has 0 aliphatic carbocycles. The Hall–Kier alpha value is -2.61. The zero-order valence-electron chi connectivity index (χ0n) is 14.2. The van der Waals surface area contributed by atoms with Crippen LogP contribution in [0.4, 0.5) is 23.2 Å². The molecule has 140 valence electrons. The molecule has 0 aromatic heterocycles. The predicted molar refractivity (Wildman–Crippen MR) is 89.1 cm³/mol. The van der Waals surface area contributed by atoms with E-state index in [4.69, 9.17) is 0 Å². The quantitative estimate of drug-likeness (QED) is 0.776. The van der Waals surface area contributed by atoms with Gasteiger partial charge < -0.3 is 10.1 Å². The van der Waals surface area contributed by atoms with Gasteiger partial charge in [-0.25, -0.2) is 4.39 Å². The van der Waals surface area contributed by atoms with Crippen molar-refractivity contribution in [2.24, 2.45) is 0 Å². The number of benzene rings is 2. The molecule has 0 saturated carbocycles. The van der Waals surface area contributed by atoms with Crippen LogP contribution in [0.15, 0.2) is 48.5 Å². The van der Waals surface area contributed by atoms with E-state index in [1.54, 1.807) is 31.0 Å². The van der Waals surface area contributed by atoms with Gasteiger partial charge in [-0.2, -0.15) is 0 Å². The molecular formula is C18H18F4N2O2. The van der Waals surface area contributed by atoms with Crippen molar-refractivity contribution in [3.8, 4) is 5.75 Å². The lowest BCUT2D eigenvalue weighted by atomic mass is 10.1. The van der Waals surface area contributed by atoms with Crippen LogP contribution >= 0.6 is 0 Å². The monoisotopic (exact) mass is 370 g/mol. The van der Waals surface area contributed by atoms with Crippen LogP contribution in [0.1, 0.15) is 12.5 Å². The minimum absolute atomic E-state index is 0.0595. The average Bonchev–Trinajstić information content (AvgIpc) is 2.54. The fourth-order valence-corrected chi connectivity index (χ4v) is 2.28. The Balaban J connectivity index is 2.05. The SMILES string of the molecule is CC(C(=O)Nc1cccc(F)c1)N(C)Cc1ccccc1OC(F)(F)F. The summed E-state index contributed by atoms with van der Waals surface area (Å²) >= 11 is 0. The lowest BCUT2D eigenvalue weighted by molar-refractivity contribution is -0.275. The van der Waals surface area contributed by atoms with Crippen molar-refractivity contribution in [2.75, 3.05) is 12.4 Å². The van der Waals surface area contributed by atoms with E-state index in [-0.39, 0.29) is 17.9 Å². The smallest absolute Gasteiger partial charge is 0.405 e. The number of hydrogen-bond acceptors (Lipinski definition) is 3. The van der Waals surface area contributed by atoms with Gasteiger partial charge in [0.05, 0.1) is 6.04 Å². The summed E-state index contributed by atoms with van der Waals surface area (Å²) in [6, 6.07) is 10.5. The molecule has 2 aromatic rings. The van der Waals surface area contributed by atoms with E-state index in [9.17, 15) is 22.4 Å². The molecule has 2 rings (SSSR count). The van der Waals surface area contributed by atoms with E-state index in [1.807, 2.05) is 0 Å². The van der Waals surface area contributed by atoms with E-state index in [0.717, 1.165) is 0 Å². The van der Waals surface area contributed by atoms with Crippen LogP contribution in [0.25, 0.3) is 0 Å². The lowest BCUT2D eigenvalue weighted by Crippen LogP contribution is -2.39. The van der Waals surface area contributed by atoms with Crippen molar-refractivity contribution in [1.82, 2.24) is 4.90 Å². The number of nitrogens with one attached hydrogen (secondary N) is 1. The Kier molecular flexibility index (Phi) is 6.20. The molecule has 0 bridgehead atoms. The Morgan fingerprint density at radius 3 is 2.54 bits per heavy atom. The number of likely N-dealkylation sites (N-methyl/N-ethyl adjacent to an activating group) is 1. The summed E-state index contributed by atoms with van der Waals surface area (Å²) in [5.41, 5.74) is 0.591. The number of nitrogens with zero attached hydrogens (tertiary/aromatic N) is 1. The molecule has 1 N–H and O–H groups in total. The first-order chi connectivity index (χ1) is 12.2.